The van der Waals surface area contributed by atoms with Gasteiger partial charge >= 0.3 is 0 Å². The molecule has 3 unspecified atom stereocenters. The van der Waals surface area contributed by atoms with Crippen molar-refractivity contribution in [2.45, 2.75) is 11.8 Å². The van der Waals surface area contributed by atoms with E-state index in [1.54, 1.807) is 6.07 Å². The molecule has 1 saturated heterocycles. The summed E-state index contributed by atoms with van der Waals surface area (Å²) in [5, 5.41) is 8.39. The van der Waals surface area contributed by atoms with Gasteiger partial charge in [0, 0.05) is 30.6 Å². The summed E-state index contributed by atoms with van der Waals surface area (Å²) in [7, 11) is 0. The molecule has 0 amide bonds. The van der Waals surface area contributed by atoms with Crippen LogP contribution in [0.25, 0.3) is 22.4 Å². The number of H-pyrrole nitrogens is 1. The minimum absolute atomic E-state index is 0.0814. The molecular formula is C24H22Cl2N6. The fourth-order valence-electron chi connectivity index (χ4n) is 5.60. The van der Waals surface area contributed by atoms with Crippen molar-refractivity contribution in [2.75, 3.05) is 24.5 Å². The summed E-state index contributed by atoms with van der Waals surface area (Å²) in [5.74, 6) is 2.02. The second-order valence-electron chi connectivity index (χ2n) is 8.66. The Morgan fingerprint density at radius 3 is 2.75 bits per heavy atom. The predicted octanol–water partition coefficient (Wildman–Crippen LogP) is 4.68. The van der Waals surface area contributed by atoms with Crippen LogP contribution in [0.4, 0.5) is 5.82 Å². The van der Waals surface area contributed by atoms with Crippen LogP contribution < -0.4 is 10.6 Å². The lowest BCUT2D eigenvalue weighted by Gasteiger charge is -2.26. The molecule has 2 fully saturated rings. The Morgan fingerprint density at radius 2 is 1.94 bits per heavy atom. The second kappa shape index (κ2) is 7.44. The summed E-state index contributed by atoms with van der Waals surface area (Å²) in [5.41, 5.74) is 10.5. The number of aromatic amines is 1. The Bertz CT molecular complexity index is 1310. The Labute approximate surface area is 195 Å². The molecule has 1 aliphatic heterocycles. The number of halogens is 2. The SMILES string of the molecule is NCC1(c2ccccc2)C2CCN(c3cnc4c(-c5cccc(Cl)c5Cl)n[nH]c4n3)CC21. The van der Waals surface area contributed by atoms with E-state index in [0.717, 1.165) is 30.9 Å². The van der Waals surface area contributed by atoms with Crippen molar-refractivity contribution in [1.82, 2.24) is 20.2 Å². The zero-order valence-electron chi connectivity index (χ0n) is 17.3. The van der Waals surface area contributed by atoms with Crippen molar-refractivity contribution in [3.05, 3.63) is 70.3 Å². The number of rotatable bonds is 4. The molecular weight excluding hydrogens is 443 g/mol. The summed E-state index contributed by atoms with van der Waals surface area (Å²) in [4.78, 5) is 11.8. The van der Waals surface area contributed by atoms with Crippen LogP contribution >= 0.6 is 23.2 Å². The zero-order chi connectivity index (χ0) is 21.9. The first kappa shape index (κ1) is 20.0. The number of nitrogens with zero attached hydrogens (tertiary/aromatic N) is 4. The van der Waals surface area contributed by atoms with Gasteiger partial charge in [-0.15, -0.1) is 0 Å². The molecule has 0 radical (unpaired) electrons. The van der Waals surface area contributed by atoms with Crippen molar-refractivity contribution in [2.24, 2.45) is 17.6 Å². The quantitative estimate of drug-likeness (QED) is 0.457. The minimum Gasteiger partial charge on any atom is -0.355 e. The van der Waals surface area contributed by atoms with Gasteiger partial charge in [0.2, 0.25) is 0 Å². The molecule has 3 heterocycles. The molecule has 2 aliphatic rings. The van der Waals surface area contributed by atoms with Gasteiger partial charge in [0.05, 0.1) is 16.2 Å². The van der Waals surface area contributed by atoms with Gasteiger partial charge in [-0.1, -0.05) is 65.7 Å². The number of nitrogens with two attached hydrogens (primary N) is 1. The molecule has 8 heteroatoms. The minimum atomic E-state index is 0.0814. The van der Waals surface area contributed by atoms with Crippen molar-refractivity contribution >= 4 is 40.2 Å². The molecule has 0 spiro atoms. The number of aromatic nitrogens is 4. The van der Waals surface area contributed by atoms with E-state index in [9.17, 15) is 0 Å². The van der Waals surface area contributed by atoms with Gasteiger partial charge in [0.25, 0.3) is 0 Å². The van der Waals surface area contributed by atoms with E-state index >= 15 is 0 Å². The summed E-state index contributed by atoms with van der Waals surface area (Å²) in [6.45, 7) is 2.55. The zero-order valence-corrected chi connectivity index (χ0v) is 18.8. The van der Waals surface area contributed by atoms with Crippen LogP contribution in [-0.2, 0) is 5.41 Å². The van der Waals surface area contributed by atoms with E-state index in [-0.39, 0.29) is 5.41 Å². The van der Waals surface area contributed by atoms with E-state index in [1.165, 1.54) is 5.56 Å². The average Bonchev–Trinajstić information content (AvgIpc) is 3.31. The first-order valence-electron chi connectivity index (χ1n) is 10.8. The first-order chi connectivity index (χ1) is 15.6. The van der Waals surface area contributed by atoms with E-state index in [2.05, 4.69) is 45.4 Å². The van der Waals surface area contributed by atoms with Crippen LogP contribution in [0, 0.1) is 11.8 Å². The smallest absolute Gasteiger partial charge is 0.177 e. The largest absolute Gasteiger partial charge is 0.355 e. The van der Waals surface area contributed by atoms with Crippen LogP contribution in [0.3, 0.4) is 0 Å². The third-order valence-electron chi connectivity index (χ3n) is 7.26. The molecule has 2 aromatic heterocycles. The summed E-state index contributed by atoms with van der Waals surface area (Å²) in [6.07, 6.45) is 2.93. The monoisotopic (exact) mass is 464 g/mol. The van der Waals surface area contributed by atoms with E-state index < -0.39 is 0 Å². The van der Waals surface area contributed by atoms with Gasteiger partial charge < -0.3 is 10.6 Å². The molecule has 162 valence electrons. The van der Waals surface area contributed by atoms with E-state index in [0.29, 0.717) is 45.3 Å². The molecule has 4 aromatic rings. The number of hydrogen-bond acceptors (Lipinski definition) is 5. The maximum atomic E-state index is 6.40. The maximum Gasteiger partial charge on any atom is 0.177 e. The number of piperidine rings is 1. The van der Waals surface area contributed by atoms with Crippen LogP contribution in [0.15, 0.2) is 54.7 Å². The Balaban J connectivity index is 1.30. The van der Waals surface area contributed by atoms with Gasteiger partial charge in [-0.2, -0.15) is 5.10 Å². The fourth-order valence-corrected chi connectivity index (χ4v) is 5.99. The lowest BCUT2D eigenvalue weighted by atomic mass is 9.91. The van der Waals surface area contributed by atoms with Crippen LogP contribution in [0.2, 0.25) is 10.0 Å². The number of nitrogens with one attached hydrogen (secondary N) is 1. The van der Waals surface area contributed by atoms with Crippen LogP contribution in [0.5, 0.6) is 0 Å². The molecule has 6 nitrogen and oxygen atoms in total. The highest BCUT2D eigenvalue weighted by Crippen LogP contribution is 2.63. The third kappa shape index (κ3) is 2.86. The van der Waals surface area contributed by atoms with Crippen LogP contribution in [0.1, 0.15) is 12.0 Å². The highest BCUT2D eigenvalue weighted by atomic mass is 35.5. The maximum absolute atomic E-state index is 6.40. The normalized spacial score (nSPS) is 24.5. The van der Waals surface area contributed by atoms with Crippen molar-refractivity contribution < 1.29 is 0 Å². The van der Waals surface area contributed by atoms with Gasteiger partial charge in [0.1, 0.15) is 17.0 Å². The topological polar surface area (TPSA) is 83.7 Å². The lowest BCUT2D eigenvalue weighted by molar-refractivity contribution is 0.545. The van der Waals surface area contributed by atoms with Crippen molar-refractivity contribution in [3.8, 4) is 11.3 Å². The summed E-state index contributed by atoms with van der Waals surface area (Å²) < 4.78 is 0. The van der Waals surface area contributed by atoms with Crippen LogP contribution in [-0.4, -0.2) is 39.8 Å². The second-order valence-corrected chi connectivity index (χ2v) is 9.44. The standard InChI is InChI=1S/C24H22Cl2N6/c25-18-8-4-7-15(20(18)26)21-22-23(31-30-21)29-19(11-28-22)32-10-9-16-17(12-32)24(16,13-27)14-5-2-1-3-6-14/h1-8,11,16-17H,9-10,12-13,27H2,(H,29,30,31). The molecule has 6 rings (SSSR count). The molecule has 2 aromatic carbocycles. The third-order valence-corrected chi connectivity index (χ3v) is 8.08. The Kier molecular flexibility index (Phi) is 4.64. The summed E-state index contributed by atoms with van der Waals surface area (Å²) in [6, 6.07) is 16.2. The van der Waals surface area contributed by atoms with Gasteiger partial charge in [-0.25, -0.2) is 9.97 Å². The first-order valence-corrected chi connectivity index (χ1v) is 11.5. The Morgan fingerprint density at radius 1 is 1.09 bits per heavy atom. The molecule has 3 atom stereocenters. The Hall–Kier alpha value is -2.67. The number of hydrogen-bond donors (Lipinski definition) is 2. The van der Waals surface area contributed by atoms with Gasteiger partial charge in [0.15, 0.2) is 5.65 Å². The number of fused-ring (bicyclic) bond motifs is 2. The number of anilines is 1. The van der Waals surface area contributed by atoms with Crippen molar-refractivity contribution in [1.29, 1.82) is 0 Å². The number of benzene rings is 2. The molecule has 1 aliphatic carbocycles. The van der Waals surface area contributed by atoms with Crippen molar-refractivity contribution in [3.63, 3.8) is 0 Å². The van der Waals surface area contributed by atoms with E-state index in [4.69, 9.17) is 38.9 Å². The fraction of sp³-hybridized carbons (Fsp3) is 0.292. The summed E-state index contributed by atoms with van der Waals surface area (Å²) >= 11 is 12.6. The highest BCUT2D eigenvalue weighted by Gasteiger charge is 2.65. The van der Waals surface area contributed by atoms with Gasteiger partial charge in [-0.05, 0) is 29.9 Å². The predicted molar refractivity (Wildman–Crippen MR) is 128 cm³/mol. The van der Waals surface area contributed by atoms with E-state index in [1.807, 2.05) is 18.3 Å². The highest BCUT2D eigenvalue weighted by molar-refractivity contribution is 6.43. The molecule has 0 bridgehead atoms. The molecule has 3 N–H and O–H groups in total. The van der Waals surface area contributed by atoms with Gasteiger partial charge in [-0.3, -0.25) is 5.10 Å². The molecule has 1 saturated carbocycles. The average molecular weight is 465 g/mol. The lowest BCUT2D eigenvalue weighted by Crippen LogP contribution is -2.32. The molecule has 32 heavy (non-hydrogen) atoms.